The standard InChI is InChI=1S/C14H22N2O3/c1-4-19-13-8-11(5-6-12(13)18-3)9-16-10(2)7-14(15)17/h5-6,8,10,16H,4,7,9H2,1-3H3,(H2,15,17)/t10-/m0/s1. The number of nitrogens with one attached hydrogen (secondary N) is 1. The van der Waals surface area contributed by atoms with Crippen LogP contribution in [0.4, 0.5) is 0 Å². The fraction of sp³-hybridized carbons (Fsp3) is 0.500. The molecule has 0 heterocycles. The Labute approximate surface area is 114 Å². The Balaban J connectivity index is 2.63. The van der Waals surface area contributed by atoms with Gasteiger partial charge in [-0.05, 0) is 31.5 Å². The maximum absolute atomic E-state index is 10.8. The van der Waals surface area contributed by atoms with Crippen molar-refractivity contribution in [2.45, 2.75) is 32.9 Å². The van der Waals surface area contributed by atoms with Crippen molar-refractivity contribution in [2.24, 2.45) is 5.73 Å². The Morgan fingerprint density at radius 3 is 2.74 bits per heavy atom. The van der Waals surface area contributed by atoms with E-state index in [9.17, 15) is 4.79 Å². The van der Waals surface area contributed by atoms with E-state index in [1.165, 1.54) is 0 Å². The Morgan fingerprint density at radius 2 is 2.16 bits per heavy atom. The zero-order valence-electron chi connectivity index (χ0n) is 11.7. The summed E-state index contributed by atoms with van der Waals surface area (Å²) in [6, 6.07) is 5.83. The number of carbonyl (C=O) groups excluding carboxylic acids is 1. The van der Waals surface area contributed by atoms with E-state index in [4.69, 9.17) is 15.2 Å². The quantitative estimate of drug-likeness (QED) is 0.747. The number of rotatable bonds is 8. The van der Waals surface area contributed by atoms with Gasteiger partial charge in [0.15, 0.2) is 11.5 Å². The van der Waals surface area contributed by atoms with E-state index < -0.39 is 0 Å². The van der Waals surface area contributed by atoms with Gasteiger partial charge < -0.3 is 20.5 Å². The van der Waals surface area contributed by atoms with Gasteiger partial charge in [-0.15, -0.1) is 0 Å². The highest BCUT2D eigenvalue weighted by Gasteiger charge is 2.08. The van der Waals surface area contributed by atoms with Crippen LogP contribution >= 0.6 is 0 Å². The summed E-state index contributed by atoms with van der Waals surface area (Å²) >= 11 is 0. The van der Waals surface area contributed by atoms with E-state index in [0.717, 1.165) is 17.1 Å². The van der Waals surface area contributed by atoms with Crippen molar-refractivity contribution >= 4 is 5.91 Å². The molecule has 0 aliphatic carbocycles. The van der Waals surface area contributed by atoms with Crippen molar-refractivity contribution in [2.75, 3.05) is 13.7 Å². The second-order valence-corrected chi connectivity index (χ2v) is 4.37. The molecule has 19 heavy (non-hydrogen) atoms. The third kappa shape index (κ3) is 5.18. The number of hydrogen-bond acceptors (Lipinski definition) is 4. The molecule has 0 spiro atoms. The lowest BCUT2D eigenvalue weighted by molar-refractivity contribution is -0.118. The van der Waals surface area contributed by atoms with Crippen LogP contribution in [0.2, 0.25) is 0 Å². The minimum Gasteiger partial charge on any atom is -0.493 e. The topological polar surface area (TPSA) is 73.6 Å². The van der Waals surface area contributed by atoms with Crippen molar-refractivity contribution in [3.05, 3.63) is 23.8 Å². The summed E-state index contributed by atoms with van der Waals surface area (Å²) in [7, 11) is 1.62. The number of benzene rings is 1. The molecule has 1 amide bonds. The van der Waals surface area contributed by atoms with Crippen LogP contribution < -0.4 is 20.5 Å². The first-order chi connectivity index (χ1) is 9.06. The molecule has 0 saturated heterocycles. The third-order valence-electron chi connectivity index (χ3n) is 2.69. The summed E-state index contributed by atoms with van der Waals surface area (Å²) in [6.07, 6.45) is 0.328. The molecular weight excluding hydrogens is 244 g/mol. The Morgan fingerprint density at radius 1 is 1.42 bits per heavy atom. The van der Waals surface area contributed by atoms with Crippen LogP contribution in [0.3, 0.4) is 0 Å². The zero-order chi connectivity index (χ0) is 14.3. The van der Waals surface area contributed by atoms with Gasteiger partial charge in [0.2, 0.25) is 5.91 Å². The van der Waals surface area contributed by atoms with Crippen molar-refractivity contribution in [1.82, 2.24) is 5.32 Å². The molecule has 0 unspecified atom stereocenters. The van der Waals surface area contributed by atoms with Crippen LogP contribution in [0, 0.1) is 0 Å². The highest BCUT2D eigenvalue weighted by atomic mass is 16.5. The minimum absolute atomic E-state index is 0.0511. The van der Waals surface area contributed by atoms with E-state index in [-0.39, 0.29) is 11.9 Å². The number of ether oxygens (including phenoxy) is 2. The van der Waals surface area contributed by atoms with Crippen LogP contribution in [0.5, 0.6) is 11.5 Å². The fourth-order valence-electron chi connectivity index (χ4n) is 1.77. The molecule has 0 fully saturated rings. The molecule has 0 aliphatic heterocycles. The first kappa shape index (κ1) is 15.3. The molecular formula is C14H22N2O3. The molecule has 1 atom stereocenters. The van der Waals surface area contributed by atoms with E-state index in [0.29, 0.717) is 19.6 Å². The molecule has 5 nitrogen and oxygen atoms in total. The van der Waals surface area contributed by atoms with Crippen molar-refractivity contribution < 1.29 is 14.3 Å². The summed E-state index contributed by atoms with van der Waals surface area (Å²) in [5.41, 5.74) is 6.22. The predicted octanol–water partition coefficient (Wildman–Crippen LogP) is 1.45. The molecule has 0 aromatic heterocycles. The van der Waals surface area contributed by atoms with Crippen molar-refractivity contribution in [3.8, 4) is 11.5 Å². The van der Waals surface area contributed by atoms with Gasteiger partial charge >= 0.3 is 0 Å². The van der Waals surface area contributed by atoms with Gasteiger partial charge in [-0.3, -0.25) is 4.79 Å². The third-order valence-corrected chi connectivity index (χ3v) is 2.69. The van der Waals surface area contributed by atoms with Gasteiger partial charge in [-0.2, -0.15) is 0 Å². The van der Waals surface area contributed by atoms with Gasteiger partial charge in [0.1, 0.15) is 0 Å². The minimum atomic E-state index is -0.301. The maximum Gasteiger partial charge on any atom is 0.218 e. The fourth-order valence-corrected chi connectivity index (χ4v) is 1.77. The molecule has 1 aromatic carbocycles. The lowest BCUT2D eigenvalue weighted by Gasteiger charge is -2.14. The van der Waals surface area contributed by atoms with Crippen LogP contribution in [0.15, 0.2) is 18.2 Å². The van der Waals surface area contributed by atoms with Gasteiger partial charge in [0.25, 0.3) is 0 Å². The summed E-state index contributed by atoms with van der Waals surface area (Å²) in [6.45, 7) is 5.10. The predicted molar refractivity (Wildman–Crippen MR) is 74.3 cm³/mol. The van der Waals surface area contributed by atoms with E-state index >= 15 is 0 Å². The number of amides is 1. The zero-order valence-corrected chi connectivity index (χ0v) is 11.7. The van der Waals surface area contributed by atoms with E-state index in [2.05, 4.69) is 5.32 Å². The lowest BCUT2D eigenvalue weighted by Crippen LogP contribution is -2.30. The smallest absolute Gasteiger partial charge is 0.218 e. The SMILES string of the molecule is CCOc1cc(CN[C@@H](C)CC(N)=O)ccc1OC. The van der Waals surface area contributed by atoms with E-state index in [1.807, 2.05) is 32.0 Å². The molecule has 0 bridgehead atoms. The Hall–Kier alpha value is -1.75. The van der Waals surface area contributed by atoms with Crippen LogP contribution in [0.1, 0.15) is 25.8 Å². The normalized spacial score (nSPS) is 11.9. The van der Waals surface area contributed by atoms with Gasteiger partial charge in [0.05, 0.1) is 13.7 Å². The lowest BCUT2D eigenvalue weighted by atomic mass is 10.1. The molecule has 5 heteroatoms. The molecule has 0 radical (unpaired) electrons. The number of nitrogens with two attached hydrogens (primary N) is 1. The first-order valence-electron chi connectivity index (χ1n) is 6.38. The number of methoxy groups -OCH3 is 1. The number of primary amides is 1. The maximum atomic E-state index is 10.8. The monoisotopic (exact) mass is 266 g/mol. The average Bonchev–Trinajstić information content (AvgIpc) is 2.36. The number of carbonyl (C=O) groups is 1. The molecule has 0 aliphatic rings. The van der Waals surface area contributed by atoms with Crippen molar-refractivity contribution in [3.63, 3.8) is 0 Å². The van der Waals surface area contributed by atoms with Gasteiger partial charge in [-0.25, -0.2) is 0 Å². The first-order valence-corrected chi connectivity index (χ1v) is 6.38. The highest BCUT2D eigenvalue weighted by Crippen LogP contribution is 2.27. The van der Waals surface area contributed by atoms with Gasteiger partial charge in [-0.1, -0.05) is 6.07 Å². The Bertz CT molecular complexity index is 421. The number of hydrogen-bond donors (Lipinski definition) is 2. The molecule has 3 N–H and O–H groups in total. The van der Waals surface area contributed by atoms with Gasteiger partial charge in [0, 0.05) is 19.0 Å². The molecule has 1 aromatic rings. The van der Waals surface area contributed by atoms with Crippen LogP contribution in [0.25, 0.3) is 0 Å². The molecule has 0 saturated carbocycles. The molecule has 106 valence electrons. The largest absolute Gasteiger partial charge is 0.493 e. The Kier molecular flexibility index (Phi) is 6.15. The highest BCUT2D eigenvalue weighted by molar-refractivity contribution is 5.74. The summed E-state index contributed by atoms with van der Waals surface area (Å²) in [5, 5.41) is 3.24. The molecule has 1 rings (SSSR count). The second kappa shape index (κ2) is 7.63. The van der Waals surface area contributed by atoms with Crippen LogP contribution in [-0.2, 0) is 11.3 Å². The average molecular weight is 266 g/mol. The van der Waals surface area contributed by atoms with E-state index in [1.54, 1.807) is 7.11 Å². The van der Waals surface area contributed by atoms with Crippen LogP contribution in [-0.4, -0.2) is 25.7 Å². The van der Waals surface area contributed by atoms with Crippen molar-refractivity contribution in [1.29, 1.82) is 0 Å². The summed E-state index contributed by atoms with van der Waals surface area (Å²) in [5.74, 6) is 1.15. The summed E-state index contributed by atoms with van der Waals surface area (Å²) in [4.78, 5) is 10.8. The summed E-state index contributed by atoms with van der Waals surface area (Å²) < 4.78 is 10.7. The second-order valence-electron chi connectivity index (χ2n) is 4.37.